The summed E-state index contributed by atoms with van der Waals surface area (Å²) in [6.45, 7) is 2.95. The van der Waals surface area contributed by atoms with E-state index in [9.17, 15) is 10.1 Å². The summed E-state index contributed by atoms with van der Waals surface area (Å²) in [4.78, 5) is 17.4. The molecule has 1 aliphatic heterocycles. The molecule has 3 heterocycles. The van der Waals surface area contributed by atoms with Crippen LogP contribution in [0.25, 0.3) is 11.3 Å². The molecule has 8 heteroatoms. The third-order valence-corrected chi connectivity index (χ3v) is 5.56. The molecule has 30 heavy (non-hydrogen) atoms. The zero-order chi connectivity index (χ0) is 21.1. The Morgan fingerprint density at radius 2 is 2.10 bits per heavy atom. The number of nitro benzene ring substituents is 1. The maximum atomic E-state index is 11.1. The monoisotopic (exact) mass is 422 g/mol. The fourth-order valence-corrected chi connectivity index (χ4v) is 4.06. The lowest BCUT2D eigenvalue weighted by Gasteiger charge is -2.25. The number of furan rings is 1. The van der Waals surface area contributed by atoms with Crippen LogP contribution in [-0.4, -0.2) is 26.5 Å². The minimum atomic E-state index is -0.406. The van der Waals surface area contributed by atoms with Crippen molar-refractivity contribution >= 4 is 23.0 Å². The van der Waals surface area contributed by atoms with Gasteiger partial charge in [0.15, 0.2) is 5.11 Å². The van der Waals surface area contributed by atoms with E-state index in [4.69, 9.17) is 16.6 Å². The third-order valence-electron chi connectivity index (χ3n) is 5.21. The normalized spacial score (nSPS) is 18.4. The Bertz CT molecular complexity index is 1050. The fraction of sp³-hybridized carbons (Fsp3) is 0.273. The zero-order valence-corrected chi connectivity index (χ0v) is 17.3. The first-order chi connectivity index (χ1) is 14.6. The van der Waals surface area contributed by atoms with Crippen molar-refractivity contribution in [2.24, 2.45) is 0 Å². The molecule has 2 aromatic heterocycles. The third kappa shape index (κ3) is 3.91. The van der Waals surface area contributed by atoms with Crippen LogP contribution in [-0.2, 0) is 0 Å². The van der Waals surface area contributed by atoms with Gasteiger partial charge in [-0.05, 0) is 42.9 Å². The molecule has 154 valence electrons. The predicted octanol–water partition coefficient (Wildman–Crippen LogP) is 5.02. The van der Waals surface area contributed by atoms with Gasteiger partial charge in [0.2, 0.25) is 0 Å². The Hall–Kier alpha value is -3.26. The summed E-state index contributed by atoms with van der Waals surface area (Å²) in [6.07, 6.45) is 3.82. The molecule has 1 aromatic carbocycles. The molecule has 0 amide bonds. The number of thiocarbonyl (C=S) groups is 1. The fourth-order valence-electron chi connectivity index (χ4n) is 3.72. The number of rotatable bonds is 7. The number of non-ortho nitro benzene ring substituents is 1. The van der Waals surface area contributed by atoms with Gasteiger partial charge in [-0.15, -0.1) is 0 Å². The van der Waals surface area contributed by atoms with Gasteiger partial charge >= 0.3 is 0 Å². The summed E-state index contributed by atoms with van der Waals surface area (Å²) in [5.41, 5.74) is 1.58. The van der Waals surface area contributed by atoms with Crippen molar-refractivity contribution in [3.63, 3.8) is 0 Å². The maximum absolute atomic E-state index is 11.1. The minimum absolute atomic E-state index is 0.0325. The average molecular weight is 423 g/mol. The first-order valence-electron chi connectivity index (χ1n) is 9.91. The molecule has 1 aliphatic rings. The molecular formula is C22H22N4O3S. The zero-order valence-electron chi connectivity index (χ0n) is 16.5. The molecule has 0 bridgehead atoms. The molecule has 2 unspecified atom stereocenters. The van der Waals surface area contributed by atoms with E-state index < -0.39 is 4.92 Å². The number of hydrogen-bond donors (Lipinski definition) is 1. The lowest BCUT2D eigenvalue weighted by Crippen LogP contribution is -2.30. The Morgan fingerprint density at radius 3 is 2.83 bits per heavy atom. The number of nitro groups is 1. The highest BCUT2D eigenvalue weighted by Crippen LogP contribution is 2.40. The van der Waals surface area contributed by atoms with E-state index in [1.54, 1.807) is 18.3 Å². The van der Waals surface area contributed by atoms with Crippen LogP contribution in [0.1, 0.15) is 43.3 Å². The molecule has 0 saturated carbocycles. The summed E-state index contributed by atoms with van der Waals surface area (Å²) < 4.78 is 6.21. The molecule has 1 N–H and O–H groups in total. The van der Waals surface area contributed by atoms with E-state index in [-0.39, 0.29) is 17.8 Å². The van der Waals surface area contributed by atoms with Gasteiger partial charge in [-0.3, -0.25) is 15.1 Å². The smallest absolute Gasteiger partial charge is 0.270 e. The second-order valence-electron chi connectivity index (χ2n) is 7.18. The lowest BCUT2D eigenvalue weighted by atomic mass is 10.0. The Balaban J connectivity index is 1.71. The highest BCUT2D eigenvalue weighted by Gasteiger charge is 2.41. The second kappa shape index (κ2) is 8.62. The highest BCUT2D eigenvalue weighted by atomic mass is 32.1. The van der Waals surface area contributed by atoms with Gasteiger partial charge in [-0.1, -0.05) is 31.5 Å². The molecule has 3 aromatic rings. The van der Waals surface area contributed by atoms with Crippen LogP contribution in [0.3, 0.4) is 0 Å². The van der Waals surface area contributed by atoms with Crippen molar-refractivity contribution in [1.82, 2.24) is 15.2 Å². The van der Waals surface area contributed by atoms with E-state index in [0.717, 1.165) is 30.8 Å². The summed E-state index contributed by atoms with van der Waals surface area (Å²) >= 11 is 5.62. The standard InChI is InChI=1S/C22H22N4O3S/c1-2-3-13-25-21(20(24-22(25)30)17-9-4-5-12-23-17)19-11-10-18(29-19)15-7-6-8-16(14-15)26(27)28/h4-12,14,20-21H,2-3,13H2,1H3,(H,24,30). The van der Waals surface area contributed by atoms with E-state index >= 15 is 0 Å². The minimum Gasteiger partial charge on any atom is -0.459 e. The number of nitrogens with one attached hydrogen (secondary N) is 1. The van der Waals surface area contributed by atoms with Gasteiger partial charge in [0.1, 0.15) is 17.6 Å². The van der Waals surface area contributed by atoms with Crippen LogP contribution in [0.4, 0.5) is 5.69 Å². The Morgan fingerprint density at radius 1 is 1.23 bits per heavy atom. The molecule has 4 rings (SSSR count). The number of aromatic nitrogens is 1. The first kappa shape index (κ1) is 20.0. The molecule has 7 nitrogen and oxygen atoms in total. The van der Waals surface area contributed by atoms with Crippen molar-refractivity contribution < 1.29 is 9.34 Å². The van der Waals surface area contributed by atoms with Crippen molar-refractivity contribution in [3.05, 3.63) is 82.4 Å². The van der Waals surface area contributed by atoms with Crippen LogP contribution >= 0.6 is 12.2 Å². The molecule has 0 aliphatic carbocycles. The van der Waals surface area contributed by atoms with Crippen LogP contribution in [0.2, 0.25) is 0 Å². The summed E-state index contributed by atoms with van der Waals surface area (Å²) in [7, 11) is 0. The van der Waals surface area contributed by atoms with Crippen molar-refractivity contribution in [3.8, 4) is 11.3 Å². The Kier molecular flexibility index (Phi) is 5.76. The summed E-state index contributed by atoms with van der Waals surface area (Å²) in [6, 6.07) is 15.7. The van der Waals surface area contributed by atoms with E-state index in [1.165, 1.54) is 12.1 Å². The quantitative estimate of drug-likeness (QED) is 0.325. The predicted molar refractivity (Wildman–Crippen MR) is 118 cm³/mol. The van der Waals surface area contributed by atoms with E-state index in [0.29, 0.717) is 16.4 Å². The van der Waals surface area contributed by atoms with Gasteiger partial charge in [-0.2, -0.15) is 0 Å². The largest absolute Gasteiger partial charge is 0.459 e. The van der Waals surface area contributed by atoms with Gasteiger partial charge in [-0.25, -0.2) is 0 Å². The number of unbranched alkanes of at least 4 members (excludes halogenated alkanes) is 1. The Labute approximate surface area is 179 Å². The van der Waals surface area contributed by atoms with Crippen molar-refractivity contribution in [1.29, 1.82) is 0 Å². The molecule has 1 saturated heterocycles. The van der Waals surface area contributed by atoms with E-state index in [1.807, 2.05) is 30.3 Å². The van der Waals surface area contributed by atoms with Crippen LogP contribution in [0.5, 0.6) is 0 Å². The van der Waals surface area contributed by atoms with E-state index in [2.05, 4.69) is 22.1 Å². The van der Waals surface area contributed by atoms with Crippen LogP contribution in [0, 0.1) is 10.1 Å². The summed E-state index contributed by atoms with van der Waals surface area (Å²) in [5, 5.41) is 15.2. The van der Waals surface area contributed by atoms with Gasteiger partial charge in [0.25, 0.3) is 5.69 Å². The lowest BCUT2D eigenvalue weighted by molar-refractivity contribution is -0.384. The molecular weight excluding hydrogens is 400 g/mol. The SMILES string of the molecule is CCCCN1C(=S)NC(c2ccccn2)C1c1ccc(-c2cccc([N+](=O)[O-])c2)o1. The van der Waals surface area contributed by atoms with Gasteiger partial charge < -0.3 is 14.6 Å². The molecule has 0 spiro atoms. The second-order valence-corrected chi connectivity index (χ2v) is 7.57. The topological polar surface area (TPSA) is 84.4 Å². The van der Waals surface area contributed by atoms with Crippen molar-refractivity contribution in [2.45, 2.75) is 31.8 Å². The van der Waals surface area contributed by atoms with Gasteiger partial charge in [0.05, 0.1) is 16.7 Å². The van der Waals surface area contributed by atoms with Gasteiger partial charge in [0, 0.05) is 30.4 Å². The van der Waals surface area contributed by atoms with Crippen LogP contribution < -0.4 is 5.32 Å². The number of benzene rings is 1. The average Bonchev–Trinajstić information content (AvgIpc) is 3.37. The van der Waals surface area contributed by atoms with Crippen LogP contribution in [0.15, 0.2) is 65.2 Å². The molecule has 0 radical (unpaired) electrons. The summed E-state index contributed by atoms with van der Waals surface area (Å²) in [5.74, 6) is 1.33. The molecule has 1 fully saturated rings. The molecule has 2 atom stereocenters. The number of pyridine rings is 1. The number of nitrogens with zero attached hydrogens (tertiary/aromatic N) is 3. The number of hydrogen-bond acceptors (Lipinski definition) is 5. The highest BCUT2D eigenvalue weighted by molar-refractivity contribution is 7.80. The maximum Gasteiger partial charge on any atom is 0.270 e. The first-order valence-corrected chi connectivity index (χ1v) is 10.3. The van der Waals surface area contributed by atoms with Crippen molar-refractivity contribution in [2.75, 3.05) is 6.54 Å².